The average molecular weight is 507 g/mol. The predicted octanol–water partition coefficient (Wildman–Crippen LogP) is -5.09. The van der Waals surface area contributed by atoms with Crippen molar-refractivity contribution in [2.24, 2.45) is 0 Å². The topological polar surface area (TPSA) is 221 Å². The van der Waals surface area contributed by atoms with Crippen LogP contribution in [0.3, 0.4) is 0 Å². The molecule has 0 aliphatic carbocycles. The van der Waals surface area contributed by atoms with Crippen molar-refractivity contribution in [2.75, 3.05) is 39.5 Å². The van der Waals surface area contributed by atoms with Crippen LogP contribution in [0.1, 0.15) is 20.8 Å². The quantitative estimate of drug-likeness (QED) is 0.268. The van der Waals surface area contributed by atoms with E-state index in [1.165, 1.54) is 0 Å². The molecule has 0 fully saturated rings. The van der Waals surface area contributed by atoms with Crippen molar-refractivity contribution in [3.8, 4) is 0 Å². The molecule has 0 atom stereocenters. The third kappa shape index (κ3) is 68.4. The number of carbonyl (C=O) groups excluding carboxylic acids is 3. The van der Waals surface area contributed by atoms with Gasteiger partial charge in [0.25, 0.3) is 0 Å². The molecule has 0 aromatic carbocycles. The molecule has 0 aliphatic rings. The normalized spacial score (nSPS) is 7.62. The van der Waals surface area contributed by atoms with Gasteiger partial charge in [0.2, 0.25) is 0 Å². The fourth-order valence-corrected chi connectivity index (χ4v) is 0.715. The summed E-state index contributed by atoms with van der Waals surface area (Å²) in [6.07, 6.45) is 0. The van der Waals surface area contributed by atoms with E-state index in [-0.39, 0.29) is 64.1 Å². The van der Waals surface area contributed by atoms with Crippen molar-refractivity contribution >= 4 is 17.9 Å². The van der Waals surface area contributed by atoms with Gasteiger partial charge >= 0.3 is 0 Å². The van der Waals surface area contributed by atoms with Crippen LogP contribution in [0, 0.1) is 38.2 Å². The summed E-state index contributed by atoms with van der Waals surface area (Å²) in [7, 11) is 0. The van der Waals surface area contributed by atoms with E-state index in [1.807, 2.05) is 0 Å². The number of hydrogen-bond acceptors (Lipinski definition) is 10. The summed E-state index contributed by atoms with van der Waals surface area (Å²) in [5.74, 6) is -4.70. The van der Waals surface area contributed by atoms with Crippen molar-refractivity contribution in [3.05, 3.63) is 0 Å². The van der Waals surface area contributed by atoms with Gasteiger partial charge < -0.3 is 51.2 Å². The number of nitrogens with zero attached hydrogens (tertiary/aromatic N) is 1. The summed E-state index contributed by atoms with van der Waals surface area (Å²) in [4.78, 5) is 30.6. The Morgan fingerprint density at radius 1 is 0.708 bits per heavy atom. The maximum Gasteiger partial charge on any atom is 0.0555 e. The Kier molecular flexibility index (Phi) is 54.9. The van der Waals surface area contributed by atoms with Crippen LogP contribution in [0.5, 0.6) is 0 Å². The fourth-order valence-electron chi connectivity index (χ4n) is 0.715. The van der Waals surface area contributed by atoms with E-state index in [0.29, 0.717) is 4.90 Å². The maximum atomic E-state index is 9.99. The van der Waals surface area contributed by atoms with Crippen LogP contribution in [0.2, 0.25) is 0 Å². The van der Waals surface area contributed by atoms with Gasteiger partial charge in [-0.1, -0.05) is 0 Å². The number of quaternary nitrogens is 1. The van der Waals surface area contributed by atoms with Crippen LogP contribution in [0.15, 0.2) is 0 Å². The van der Waals surface area contributed by atoms with Crippen molar-refractivity contribution in [1.29, 1.82) is 0 Å². The number of carboxylic acids is 3. The second kappa shape index (κ2) is 33.9. The summed E-state index contributed by atoms with van der Waals surface area (Å²) < 4.78 is 0. The Labute approximate surface area is 171 Å². The van der Waals surface area contributed by atoms with Gasteiger partial charge in [-0.25, -0.2) is 0 Å². The number of rotatable bonds is 6. The minimum Gasteiger partial charge on any atom is -0.549 e. The molecule has 0 aromatic heterocycles. The summed E-state index contributed by atoms with van der Waals surface area (Å²) >= 11 is 0. The van der Waals surface area contributed by atoms with Gasteiger partial charge in [-0.05, 0) is 20.8 Å². The van der Waals surface area contributed by atoms with E-state index in [0.717, 1.165) is 0 Å². The molecule has 7 N–H and O–H groups in total. The van der Waals surface area contributed by atoms with Gasteiger partial charge in [-0.3, -0.25) is 4.90 Å². The summed E-state index contributed by atoms with van der Waals surface area (Å²) in [6.45, 7) is 3.42. The molecule has 0 saturated heterocycles. The number of carbonyl (C=O) groups is 3. The van der Waals surface area contributed by atoms with Crippen LogP contribution in [-0.4, -0.2) is 77.6 Å². The number of hydrogen-bond donors (Lipinski definition) is 4. The number of aliphatic carboxylic acids is 3. The molecular formula is C12H28DyN2O9-2. The molecule has 0 radical (unpaired) electrons. The van der Waals surface area contributed by atoms with E-state index in [4.69, 9.17) is 15.3 Å². The summed E-state index contributed by atoms with van der Waals surface area (Å²) in [5, 5.41) is 52.7. The molecule has 0 aliphatic heterocycles. The van der Waals surface area contributed by atoms with E-state index < -0.39 is 37.5 Å². The number of aliphatic hydroxyl groups is 3. The Bertz CT molecular complexity index is 238. The first-order chi connectivity index (χ1) is 10.2. The molecule has 0 aromatic rings. The first-order valence-electron chi connectivity index (χ1n) is 6.30. The van der Waals surface area contributed by atoms with Crippen molar-refractivity contribution in [2.45, 2.75) is 20.8 Å². The van der Waals surface area contributed by atoms with Crippen molar-refractivity contribution < 1.29 is 83.2 Å². The SMILES string of the molecule is CCO.CCO.CCO.O=C([O-])CN(CC(=O)[O-])CC(=O)[O-].[Dy].[NH4+]. The van der Waals surface area contributed by atoms with Gasteiger partial charge in [0.05, 0.1) is 17.9 Å². The second-order valence-corrected chi connectivity index (χ2v) is 3.21. The van der Waals surface area contributed by atoms with Crippen molar-refractivity contribution in [3.63, 3.8) is 0 Å². The molecule has 11 nitrogen and oxygen atoms in total. The minimum absolute atomic E-state index is 0. The van der Waals surface area contributed by atoms with E-state index in [1.54, 1.807) is 20.8 Å². The van der Waals surface area contributed by atoms with E-state index in [2.05, 4.69) is 0 Å². The third-order valence-corrected chi connectivity index (χ3v) is 1.06. The largest absolute Gasteiger partial charge is 0.549 e. The molecule has 0 saturated carbocycles. The molecule has 0 spiro atoms. The van der Waals surface area contributed by atoms with Crippen LogP contribution >= 0.6 is 0 Å². The Morgan fingerprint density at radius 3 is 0.917 bits per heavy atom. The summed E-state index contributed by atoms with van der Waals surface area (Å²) in [6, 6.07) is 0. The zero-order chi connectivity index (χ0) is 18.6. The Hall–Kier alpha value is -0.517. The molecular weight excluding hydrogens is 479 g/mol. The zero-order valence-electron chi connectivity index (χ0n) is 14.3. The smallest absolute Gasteiger partial charge is 0.0555 e. The van der Waals surface area contributed by atoms with Crippen LogP contribution in [0.25, 0.3) is 0 Å². The molecule has 152 valence electrons. The minimum atomic E-state index is -1.57. The van der Waals surface area contributed by atoms with Gasteiger partial charge in [0.15, 0.2) is 0 Å². The van der Waals surface area contributed by atoms with Gasteiger partial charge in [0.1, 0.15) is 0 Å². The van der Waals surface area contributed by atoms with E-state index in [9.17, 15) is 29.7 Å². The molecule has 0 unspecified atom stereocenters. The van der Waals surface area contributed by atoms with Gasteiger partial charge in [0, 0.05) is 77.6 Å². The maximum absolute atomic E-state index is 9.99. The fraction of sp³-hybridized carbons (Fsp3) is 0.750. The second-order valence-electron chi connectivity index (χ2n) is 3.21. The van der Waals surface area contributed by atoms with Crippen LogP contribution in [0.4, 0.5) is 0 Å². The first kappa shape index (κ1) is 38.8. The third-order valence-electron chi connectivity index (χ3n) is 1.06. The van der Waals surface area contributed by atoms with E-state index >= 15 is 0 Å². The van der Waals surface area contributed by atoms with Crippen LogP contribution < -0.4 is 21.5 Å². The van der Waals surface area contributed by atoms with Gasteiger partial charge in [-0.15, -0.1) is 0 Å². The predicted molar refractivity (Wildman–Crippen MR) is 75.7 cm³/mol. The molecule has 0 bridgehead atoms. The first-order valence-corrected chi connectivity index (χ1v) is 6.30. The summed E-state index contributed by atoms with van der Waals surface area (Å²) in [5.41, 5.74) is 0. The van der Waals surface area contributed by atoms with Crippen LogP contribution in [-0.2, 0) is 14.4 Å². The zero-order valence-corrected chi connectivity index (χ0v) is 16.3. The van der Waals surface area contributed by atoms with Gasteiger partial charge in [-0.2, -0.15) is 0 Å². The number of aliphatic hydroxyl groups excluding tert-OH is 3. The number of carboxylic acid groups (broad SMARTS) is 3. The Balaban J connectivity index is -0.0000000619. The standard InChI is InChI=1S/C6H9NO6.3C2H6O.Dy.H3N/c8-4(9)1-7(2-5(10)11)3-6(12)13;3*1-2-3;;/h1-3H2,(H,8,9)(H,10,11)(H,12,13);3*3H,2H2,1H3;;1H3/p-2. The molecule has 0 rings (SSSR count). The molecule has 24 heavy (non-hydrogen) atoms. The molecule has 0 heterocycles. The molecule has 12 heteroatoms. The molecule has 0 amide bonds. The monoisotopic (exact) mass is 508 g/mol. The van der Waals surface area contributed by atoms with Crippen molar-refractivity contribution in [1.82, 2.24) is 11.1 Å². The Morgan fingerprint density at radius 2 is 0.833 bits per heavy atom. The average Bonchev–Trinajstić information content (AvgIpc) is 2.28.